The molecule has 0 atom stereocenters. The third kappa shape index (κ3) is 7.06. The van der Waals surface area contributed by atoms with Crippen LogP contribution in [0.25, 0.3) is 0 Å². The smallest absolute Gasteiger partial charge is 0.321 e. The van der Waals surface area contributed by atoms with Gasteiger partial charge in [-0.15, -0.1) is 6.58 Å². The number of carbonyl (C=O) groups is 3. The molecular weight excluding hydrogens is 308 g/mol. The number of benzene rings is 1. The third-order valence-electron chi connectivity index (χ3n) is 3.16. The largest absolute Gasteiger partial charge is 0.334 e. The van der Waals surface area contributed by atoms with Crippen molar-refractivity contribution in [3.63, 3.8) is 0 Å². The van der Waals surface area contributed by atoms with E-state index in [1.165, 1.54) is 11.0 Å². The van der Waals surface area contributed by atoms with E-state index in [0.29, 0.717) is 0 Å². The lowest BCUT2D eigenvalue weighted by molar-refractivity contribution is -0.122. The second kappa shape index (κ2) is 10.2. The van der Waals surface area contributed by atoms with E-state index in [1.54, 1.807) is 7.05 Å². The highest BCUT2D eigenvalue weighted by Crippen LogP contribution is 2.15. The summed E-state index contributed by atoms with van der Waals surface area (Å²) in [5, 5.41) is 7.44. The highest BCUT2D eigenvalue weighted by atomic mass is 16.2. The van der Waals surface area contributed by atoms with E-state index in [9.17, 15) is 14.4 Å². The van der Waals surface area contributed by atoms with Crippen molar-refractivity contribution in [3.8, 4) is 0 Å². The summed E-state index contributed by atoms with van der Waals surface area (Å²) in [5.74, 6) is -0.705. The standard InChI is InChI=1S/C17H24N4O3/c1-4-10-18-17(24)20-16(23)12-21(3)11-15(22)19-14-9-7-6-8-13(14)5-2/h4,6-9H,1,5,10-12H2,2-3H3,(H,19,22)(H2,18,20,23,24). The van der Waals surface area contributed by atoms with Crippen molar-refractivity contribution in [2.45, 2.75) is 13.3 Å². The van der Waals surface area contributed by atoms with Gasteiger partial charge in [-0.2, -0.15) is 0 Å². The Morgan fingerprint density at radius 3 is 2.50 bits per heavy atom. The molecule has 3 N–H and O–H groups in total. The zero-order chi connectivity index (χ0) is 17.9. The van der Waals surface area contributed by atoms with Gasteiger partial charge >= 0.3 is 6.03 Å². The lowest BCUT2D eigenvalue weighted by Crippen LogP contribution is -2.45. The van der Waals surface area contributed by atoms with Gasteiger partial charge in [0.15, 0.2) is 0 Å². The third-order valence-corrected chi connectivity index (χ3v) is 3.16. The molecule has 24 heavy (non-hydrogen) atoms. The summed E-state index contributed by atoms with van der Waals surface area (Å²) in [5.41, 5.74) is 1.82. The van der Waals surface area contributed by atoms with Crippen molar-refractivity contribution >= 4 is 23.5 Å². The number of carbonyl (C=O) groups excluding carboxylic acids is 3. The van der Waals surface area contributed by atoms with Gasteiger partial charge in [0.1, 0.15) is 0 Å². The molecule has 0 bridgehead atoms. The quantitative estimate of drug-likeness (QED) is 0.623. The second-order valence-corrected chi connectivity index (χ2v) is 5.28. The summed E-state index contributed by atoms with van der Waals surface area (Å²) in [4.78, 5) is 36.6. The first kappa shape index (κ1) is 19.4. The minimum Gasteiger partial charge on any atom is -0.334 e. The maximum atomic E-state index is 12.1. The van der Waals surface area contributed by atoms with Crippen molar-refractivity contribution in [2.75, 3.05) is 32.0 Å². The Hall–Kier alpha value is -2.67. The number of hydrogen-bond acceptors (Lipinski definition) is 4. The Morgan fingerprint density at radius 2 is 1.83 bits per heavy atom. The number of amides is 4. The maximum absolute atomic E-state index is 12.1. The fourth-order valence-electron chi connectivity index (χ4n) is 2.06. The van der Waals surface area contributed by atoms with Crippen LogP contribution in [-0.2, 0) is 16.0 Å². The molecule has 4 amide bonds. The van der Waals surface area contributed by atoms with Crippen molar-refractivity contribution in [2.24, 2.45) is 0 Å². The van der Waals surface area contributed by atoms with Crippen molar-refractivity contribution in [1.82, 2.24) is 15.5 Å². The number of urea groups is 1. The molecule has 1 rings (SSSR count). The summed E-state index contributed by atoms with van der Waals surface area (Å²) >= 11 is 0. The van der Waals surface area contributed by atoms with Crippen LogP contribution in [0.15, 0.2) is 36.9 Å². The van der Waals surface area contributed by atoms with E-state index in [1.807, 2.05) is 31.2 Å². The fraction of sp³-hybridized carbons (Fsp3) is 0.353. The first-order valence-corrected chi connectivity index (χ1v) is 7.71. The molecule has 1 aromatic carbocycles. The Kier molecular flexibility index (Phi) is 8.21. The number of likely N-dealkylation sites (N-methyl/N-ethyl adjacent to an activating group) is 1. The number of rotatable bonds is 8. The average molecular weight is 332 g/mol. The number of nitrogens with zero attached hydrogens (tertiary/aromatic N) is 1. The number of imide groups is 1. The number of aryl methyl sites for hydroxylation is 1. The molecule has 130 valence electrons. The molecule has 0 saturated heterocycles. The van der Waals surface area contributed by atoms with Crippen LogP contribution in [0.3, 0.4) is 0 Å². The van der Waals surface area contributed by atoms with Crippen LogP contribution in [-0.4, -0.2) is 49.4 Å². The molecule has 0 fully saturated rings. The summed E-state index contributed by atoms with van der Waals surface area (Å²) in [7, 11) is 1.63. The van der Waals surface area contributed by atoms with Crippen LogP contribution in [0.4, 0.5) is 10.5 Å². The normalized spacial score (nSPS) is 10.1. The molecule has 1 aromatic rings. The molecule has 0 aliphatic heterocycles. The summed E-state index contributed by atoms with van der Waals surface area (Å²) in [6.07, 6.45) is 2.32. The van der Waals surface area contributed by atoms with Crippen molar-refractivity contribution in [1.29, 1.82) is 0 Å². The number of anilines is 1. The van der Waals surface area contributed by atoms with Crippen LogP contribution < -0.4 is 16.0 Å². The highest BCUT2D eigenvalue weighted by molar-refractivity contribution is 5.96. The van der Waals surface area contributed by atoms with Gasteiger partial charge in [0, 0.05) is 12.2 Å². The summed E-state index contributed by atoms with van der Waals surface area (Å²) in [6.45, 7) is 5.72. The Bertz CT molecular complexity index is 601. The molecule has 0 radical (unpaired) electrons. The minimum atomic E-state index is -0.588. The van der Waals surface area contributed by atoms with Gasteiger partial charge in [-0.3, -0.25) is 19.8 Å². The van der Waals surface area contributed by atoms with Gasteiger partial charge < -0.3 is 10.6 Å². The van der Waals surface area contributed by atoms with Crippen LogP contribution in [0, 0.1) is 0 Å². The average Bonchev–Trinajstić information content (AvgIpc) is 2.52. The SMILES string of the molecule is C=CCNC(=O)NC(=O)CN(C)CC(=O)Nc1ccccc1CC. The maximum Gasteiger partial charge on any atom is 0.321 e. The lowest BCUT2D eigenvalue weighted by atomic mass is 10.1. The lowest BCUT2D eigenvalue weighted by Gasteiger charge is -2.16. The fourth-order valence-corrected chi connectivity index (χ4v) is 2.06. The first-order chi connectivity index (χ1) is 11.5. The molecule has 0 aliphatic carbocycles. The second-order valence-electron chi connectivity index (χ2n) is 5.28. The van der Waals surface area contributed by atoms with Crippen LogP contribution in [0.5, 0.6) is 0 Å². The van der Waals surface area contributed by atoms with Gasteiger partial charge in [0.2, 0.25) is 11.8 Å². The summed E-state index contributed by atoms with van der Waals surface area (Å²) in [6, 6.07) is 6.98. The van der Waals surface area contributed by atoms with Crippen LogP contribution in [0.1, 0.15) is 12.5 Å². The topological polar surface area (TPSA) is 90.5 Å². The molecule has 0 aromatic heterocycles. The zero-order valence-corrected chi connectivity index (χ0v) is 14.1. The Balaban J connectivity index is 2.42. The minimum absolute atomic E-state index is 0.0414. The Morgan fingerprint density at radius 1 is 1.17 bits per heavy atom. The van der Waals surface area contributed by atoms with E-state index in [2.05, 4.69) is 22.5 Å². The van der Waals surface area contributed by atoms with Crippen LogP contribution in [0.2, 0.25) is 0 Å². The molecule has 7 heteroatoms. The predicted octanol–water partition coefficient (Wildman–Crippen LogP) is 1.13. The number of para-hydroxylation sites is 1. The van der Waals surface area contributed by atoms with Gasteiger partial charge in [-0.1, -0.05) is 31.2 Å². The molecule has 0 heterocycles. The van der Waals surface area contributed by atoms with Crippen molar-refractivity contribution in [3.05, 3.63) is 42.5 Å². The van der Waals surface area contributed by atoms with Crippen molar-refractivity contribution < 1.29 is 14.4 Å². The van der Waals surface area contributed by atoms with Gasteiger partial charge in [0.25, 0.3) is 0 Å². The highest BCUT2D eigenvalue weighted by Gasteiger charge is 2.13. The van der Waals surface area contributed by atoms with E-state index in [-0.39, 0.29) is 25.5 Å². The van der Waals surface area contributed by atoms with Gasteiger partial charge in [0.05, 0.1) is 13.1 Å². The molecule has 0 unspecified atom stereocenters. The van der Waals surface area contributed by atoms with Crippen LogP contribution >= 0.6 is 0 Å². The molecular formula is C17H24N4O3. The van der Waals surface area contributed by atoms with E-state index >= 15 is 0 Å². The number of nitrogens with one attached hydrogen (secondary N) is 3. The van der Waals surface area contributed by atoms with E-state index in [0.717, 1.165) is 17.7 Å². The van der Waals surface area contributed by atoms with Gasteiger partial charge in [-0.25, -0.2) is 4.79 Å². The molecule has 7 nitrogen and oxygen atoms in total. The first-order valence-electron chi connectivity index (χ1n) is 7.71. The zero-order valence-electron chi connectivity index (χ0n) is 14.1. The summed E-state index contributed by atoms with van der Waals surface area (Å²) < 4.78 is 0. The van der Waals surface area contributed by atoms with E-state index < -0.39 is 11.9 Å². The predicted molar refractivity (Wildman–Crippen MR) is 93.7 cm³/mol. The van der Waals surface area contributed by atoms with E-state index in [4.69, 9.17) is 0 Å². The molecule has 0 aliphatic rings. The molecule has 0 saturated carbocycles. The number of hydrogen-bond donors (Lipinski definition) is 3. The monoisotopic (exact) mass is 332 g/mol. The Labute approximate surface area is 142 Å². The molecule has 0 spiro atoms. The van der Waals surface area contributed by atoms with Gasteiger partial charge in [-0.05, 0) is 25.1 Å².